The van der Waals surface area contributed by atoms with Gasteiger partial charge in [-0.3, -0.25) is 15.0 Å². The van der Waals surface area contributed by atoms with Gasteiger partial charge < -0.3 is 5.11 Å². The number of benzene rings is 2. The maximum atomic E-state index is 12.6. The number of nitrogens with zero attached hydrogens (tertiary/aromatic N) is 1. The van der Waals surface area contributed by atoms with E-state index in [0.29, 0.717) is 16.3 Å². The van der Waals surface area contributed by atoms with Gasteiger partial charge in [0.1, 0.15) is 11.3 Å². The molecule has 0 unspecified atom stereocenters. The number of carbonyl (C=O) groups is 2. The molecule has 5 nitrogen and oxygen atoms in total. The summed E-state index contributed by atoms with van der Waals surface area (Å²) in [5.74, 6) is -1.07. The molecule has 1 fully saturated rings. The first-order valence-electron chi connectivity index (χ1n) is 7.30. The average molecular weight is 343 g/mol. The molecule has 3 rings (SSSR count). The van der Waals surface area contributed by atoms with E-state index >= 15 is 0 Å². The third-order valence-corrected chi connectivity index (χ3v) is 4.16. The van der Waals surface area contributed by atoms with Gasteiger partial charge in [-0.05, 0) is 61.4 Å². The zero-order valence-electron chi connectivity index (χ0n) is 13.1. The number of amides is 2. The Morgan fingerprint density at radius 2 is 1.83 bits per heavy atom. The van der Waals surface area contributed by atoms with Crippen molar-refractivity contribution in [3.05, 3.63) is 63.7 Å². The third kappa shape index (κ3) is 2.86. The van der Waals surface area contributed by atoms with E-state index in [0.717, 1.165) is 11.1 Å². The van der Waals surface area contributed by atoms with Gasteiger partial charge in [0.05, 0.1) is 5.69 Å². The zero-order chi connectivity index (χ0) is 17.4. The van der Waals surface area contributed by atoms with Crippen LogP contribution in [0.15, 0.2) is 42.0 Å². The van der Waals surface area contributed by atoms with Gasteiger partial charge in [0, 0.05) is 10.6 Å². The Labute approximate surface area is 144 Å². The molecule has 0 bridgehead atoms. The number of rotatable bonds is 2. The van der Waals surface area contributed by atoms with Crippen molar-refractivity contribution in [1.29, 1.82) is 0 Å². The smallest absolute Gasteiger partial charge is 0.282 e. The van der Waals surface area contributed by atoms with Crippen LogP contribution in [0.1, 0.15) is 16.7 Å². The summed E-state index contributed by atoms with van der Waals surface area (Å²) in [5.41, 5.74) is 5.46. The molecule has 2 aromatic rings. The molecular formula is C18H15ClN2O3. The van der Waals surface area contributed by atoms with Crippen LogP contribution >= 0.6 is 11.6 Å². The van der Waals surface area contributed by atoms with E-state index in [1.807, 2.05) is 26.0 Å². The lowest BCUT2D eigenvalue weighted by Crippen LogP contribution is -2.35. The number of aromatic hydroxyl groups is 1. The molecule has 0 spiro atoms. The molecule has 0 aliphatic carbocycles. The highest BCUT2D eigenvalue weighted by Crippen LogP contribution is 2.27. The molecule has 0 saturated carbocycles. The summed E-state index contributed by atoms with van der Waals surface area (Å²) in [6.45, 7) is 3.90. The Hall–Kier alpha value is -2.79. The van der Waals surface area contributed by atoms with Crippen LogP contribution in [0, 0.1) is 13.8 Å². The van der Waals surface area contributed by atoms with E-state index in [2.05, 4.69) is 5.43 Å². The number of hydrazine groups is 1. The van der Waals surface area contributed by atoms with Gasteiger partial charge in [-0.1, -0.05) is 17.7 Å². The Balaban J connectivity index is 1.98. The molecule has 2 N–H and O–H groups in total. The number of phenols is 1. The minimum Gasteiger partial charge on any atom is -0.507 e. The molecule has 1 aliphatic rings. The largest absolute Gasteiger partial charge is 0.507 e. The van der Waals surface area contributed by atoms with Gasteiger partial charge in [0.15, 0.2) is 0 Å². The predicted octanol–water partition coefficient (Wildman–Crippen LogP) is 3.12. The van der Waals surface area contributed by atoms with E-state index in [9.17, 15) is 14.7 Å². The van der Waals surface area contributed by atoms with Crippen LogP contribution in [0.25, 0.3) is 6.08 Å². The molecule has 1 saturated heterocycles. The first-order chi connectivity index (χ1) is 11.4. The van der Waals surface area contributed by atoms with E-state index < -0.39 is 11.8 Å². The van der Waals surface area contributed by atoms with Gasteiger partial charge in [-0.2, -0.15) is 0 Å². The zero-order valence-corrected chi connectivity index (χ0v) is 13.9. The van der Waals surface area contributed by atoms with Crippen molar-refractivity contribution in [1.82, 2.24) is 5.43 Å². The second-order valence-corrected chi connectivity index (χ2v) is 6.05. The van der Waals surface area contributed by atoms with Crippen molar-refractivity contribution < 1.29 is 14.7 Å². The molecule has 2 amide bonds. The van der Waals surface area contributed by atoms with Gasteiger partial charge in [-0.25, -0.2) is 5.01 Å². The highest BCUT2D eigenvalue weighted by Gasteiger charge is 2.34. The Bertz CT molecular complexity index is 890. The second-order valence-electron chi connectivity index (χ2n) is 5.61. The standard InChI is InChI=1S/C18H15ClN2O3/c1-10-3-5-14(7-11(10)2)21-18(24)15(17(23)20-21)9-12-8-13(19)4-6-16(12)22/h3-9,22H,1-2H3,(H,20,23)/b15-9-. The van der Waals surface area contributed by atoms with Crippen LogP contribution in [0.3, 0.4) is 0 Å². The topological polar surface area (TPSA) is 69.6 Å². The van der Waals surface area contributed by atoms with Crippen LogP contribution in [0.4, 0.5) is 5.69 Å². The van der Waals surface area contributed by atoms with Crippen LogP contribution in [-0.4, -0.2) is 16.9 Å². The minimum absolute atomic E-state index is 0.0582. The SMILES string of the molecule is Cc1ccc(N2NC(=O)/C(=C/c3cc(Cl)ccc3O)C2=O)cc1C. The van der Waals surface area contributed by atoms with Crippen molar-refractivity contribution >= 4 is 35.2 Å². The molecule has 0 aromatic heterocycles. The maximum Gasteiger partial charge on any atom is 0.282 e. The van der Waals surface area contributed by atoms with E-state index in [-0.39, 0.29) is 11.3 Å². The predicted molar refractivity (Wildman–Crippen MR) is 92.6 cm³/mol. The van der Waals surface area contributed by atoms with Crippen molar-refractivity contribution in [2.75, 3.05) is 5.01 Å². The summed E-state index contributed by atoms with van der Waals surface area (Å²) in [6, 6.07) is 9.90. The van der Waals surface area contributed by atoms with Gasteiger partial charge in [0.25, 0.3) is 11.8 Å². The summed E-state index contributed by atoms with van der Waals surface area (Å²) in [6.07, 6.45) is 1.33. The normalized spacial score (nSPS) is 16.0. The number of halogens is 1. The van der Waals surface area contributed by atoms with Crippen molar-refractivity contribution in [2.45, 2.75) is 13.8 Å². The van der Waals surface area contributed by atoms with Gasteiger partial charge in [-0.15, -0.1) is 0 Å². The van der Waals surface area contributed by atoms with Crippen LogP contribution in [0.2, 0.25) is 5.02 Å². The molecular weight excluding hydrogens is 328 g/mol. The summed E-state index contributed by atoms with van der Waals surface area (Å²) in [4.78, 5) is 24.7. The number of nitrogens with one attached hydrogen (secondary N) is 1. The molecule has 1 heterocycles. The average Bonchev–Trinajstić information content (AvgIpc) is 2.81. The fourth-order valence-corrected chi connectivity index (χ4v) is 2.58. The molecule has 24 heavy (non-hydrogen) atoms. The maximum absolute atomic E-state index is 12.6. The van der Waals surface area contributed by atoms with E-state index in [1.54, 1.807) is 6.07 Å². The number of anilines is 1. The molecule has 0 radical (unpaired) electrons. The van der Waals surface area contributed by atoms with Gasteiger partial charge in [0.2, 0.25) is 0 Å². The molecule has 122 valence electrons. The lowest BCUT2D eigenvalue weighted by molar-refractivity contribution is -0.117. The molecule has 1 aliphatic heterocycles. The number of carbonyl (C=O) groups excluding carboxylic acids is 2. The number of hydrogen-bond acceptors (Lipinski definition) is 3. The van der Waals surface area contributed by atoms with E-state index in [4.69, 9.17) is 11.6 Å². The lowest BCUT2D eigenvalue weighted by atomic mass is 10.1. The summed E-state index contributed by atoms with van der Waals surface area (Å²) < 4.78 is 0. The van der Waals surface area contributed by atoms with Crippen molar-refractivity contribution in [3.63, 3.8) is 0 Å². The van der Waals surface area contributed by atoms with Crippen LogP contribution < -0.4 is 10.4 Å². The summed E-state index contributed by atoms with van der Waals surface area (Å²) >= 11 is 5.90. The fraction of sp³-hybridized carbons (Fsp3) is 0.111. The Morgan fingerprint density at radius 3 is 2.54 bits per heavy atom. The number of aryl methyl sites for hydroxylation is 2. The lowest BCUT2D eigenvalue weighted by Gasteiger charge is -2.16. The molecule has 0 atom stereocenters. The Kier molecular flexibility index (Phi) is 4.03. The van der Waals surface area contributed by atoms with Gasteiger partial charge >= 0.3 is 0 Å². The highest BCUT2D eigenvalue weighted by molar-refractivity contribution is 6.32. The monoisotopic (exact) mass is 342 g/mol. The third-order valence-electron chi connectivity index (χ3n) is 3.93. The first-order valence-corrected chi connectivity index (χ1v) is 7.67. The number of hydrogen-bond donors (Lipinski definition) is 2. The van der Waals surface area contributed by atoms with Crippen molar-refractivity contribution in [3.8, 4) is 5.75 Å². The van der Waals surface area contributed by atoms with E-state index in [1.165, 1.54) is 29.3 Å². The summed E-state index contributed by atoms with van der Waals surface area (Å²) in [7, 11) is 0. The van der Waals surface area contributed by atoms with Crippen molar-refractivity contribution in [2.24, 2.45) is 0 Å². The molecule has 6 heteroatoms. The fourth-order valence-electron chi connectivity index (χ4n) is 2.40. The number of phenolic OH excluding ortho intramolecular Hbond substituents is 1. The quantitative estimate of drug-likeness (QED) is 0.650. The second kappa shape index (κ2) is 6.02. The summed E-state index contributed by atoms with van der Waals surface area (Å²) in [5, 5.41) is 11.5. The van der Waals surface area contributed by atoms with Crippen LogP contribution in [-0.2, 0) is 9.59 Å². The first kappa shape index (κ1) is 16.1. The highest BCUT2D eigenvalue weighted by atomic mass is 35.5. The van der Waals surface area contributed by atoms with Crippen LogP contribution in [0.5, 0.6) is 5.75 Å². The minimum atomic E-state index is -0.530. The Morgan fingerprint density at radius 1 is 1.08 bits per heavy atom. The molecule has 2 aromatic carbocycles.